The Labute approximate surface area is 151 Å². The molecule has 0 saturated heterocycles. The SMILES string of the molecule is CC(C)(CCCn1ccc(=O)[nH]c1=O)CS(=O)(=O)c1ccccc1Cl. The van der Waals surface area contributed by atoms with E-state index in [4.69, 9.17) is 11.6 Å². The number of sulfone groups is 1. The van der Waals surface area contributed by atoms with Gasteiger partial charge in [0.1, 0.15) is 0 Å². The molecule has 1 N–H and O–H groups in total. The molecule has 8 heteroatoms. The fourth-order valence-electron chi connectivity index (χ4n) is 2.71. The van der Waals surface area contributed by atoms with Crippen LogP contribution in [0.3, 0.4) is 0 Å². The summed E-state index contributed by atoms with van der Waals surface area (Å²) < 4.78 is 26.6. The van der Waals surface area contributed by atoms with Crippen LogP contribution in [0.1, 0.15) is 26.7 Å². The predicted octanol–water partition coefficient (Wildman–Crippen LogP) is 2.47. The van der Waals surface area contributed by atoms with E-state index >= 15 is 0 Å². The van der Waals surface area contributed by atoms with Crippen molar-refractivity contribution in [3.8, 4) is 0 Å². The van der Waals surface area contributed by atoms with Crippen molar-refractivity contribution in [2.45, 2.75) is 38.1 Å². The van der Waals surface area contributed by atoms with E-state index in [2.05, 4.69) is 4.98 Å². The minimum atomic E-state index is -3.51. The van der Waals surface area contributed by atoms with Gasteiger partial charge in [-0.3, -0.25) is 9.78 Å². The first-order chi connectivity index (χ1) is 11.6. The van der Waals surface area contributed by atoms with Crippen LogP contribution in [0.4, 0.5) is 0 Å². The van der Waals surface area contributed by atoms with Gasteiger partial charge in [0, 0.05) is 18.8 Å². The topological polar surface area (TPSA) is 89.0 Å². The summed E-state index contributed by atoms with van der Waals surface area (Å²) in [5.74, 6) is -0.0374. The van der Waals surface area contributed by atoms with Gasteiger partial charge in [0.2, 0.25) is 0 Å². The monoisotopic (exact) mass is 384 g/mol. The van der Waals surface area contributed by atoms with E-state index in [0.29, 0.717) is 19.4 Å². The number of rotatable bonds is 7. The Hall–Kier alpha value is -1.86. The number of hydrogen-bond donors (Lipinski definition) is 1. The minimum absolute atomic E-state index is 0.0374. The highest BCUT2D eigenvalue weighted by atomic mass is 35.5. The highest BCUT2D eigenvalue weighted by Crippen LogP contribution is 2.30. The summed E-state index contributed by atoms with van der Waals surface area (Å²) in [6.45, 7) is 4.15. The molecule has 6 nitrogen and oxygen atoms in total. The molecule has 0 radical (unpaired) electrons. The predicted molar refractivity (Wildman–Crippen MR) is 97.8 cm³/mol. The summed E-state index contributed by atoms with van der Waals surface area (Å²) in [7, 11) is -3.51. The Morgan fingerprint density at radius 3 is 2.48 bits per heavy atom. The second-order valence-corrected chi connectivity index (χ2v) is 9.13. The molecule has 25 heavy (non-hydrogen) atoms. The molecule has 1 heterocycles. The van der Waals surface area contributed by atoms with E-state index in [1.165, 1.54) is 22.9 Å². The molecule has 0 bridgehead atoms. The van der Waals surface area contributed by atoms with Crippen molar-refractivity contribution in [1.82, 2.24) is 9.55 Å². The molecule has 1 aromatic carbocycles. The van der Waals surface area contributed by atoms with Gasteiger partial charge in [-0.15, -0.1) is 0 Å². The summed E-state index contributed by atoms with van der Waals surface area (Å²) in [6, 6.07) is 7.69. The molecule has 0 amide bonds. The third kappa shape index (κ3) is 5.31. The highest BCUT2D eigenvalue weighted by molar-refractivity contribution is 7.91. The minimum Gasteiger partial charge on any atom is -0.301 e. The van der Waals surface area contributed by atoms with Crippen LogP contribution >= 0.6 is 11.6 Å². The standard InChI is InChI=1S/C17H21ClN2O4S/c1-17(2,9-5-10-20-11-8-15(21)19-16(20)22)12-25(23,24)14-7-4-3-6-13(14)18/h3-4,6-8,11H,5,9-10,12H2,1-2H3,(H,19,21,22). The van der Waals surface area contributed by atoms with Gasteiger partial charge in [-0.05, 0) is 30.4 Å². The first-order valence-electron chi connectivity index (χ1n) is 7.88. The fourth-order valence-corrected chi connectivity index (χ4v) is 5.18. The number of halogens is 1. The molecule has 0 unspecified atom stereocenters. The quantitative estimate of drug-likeness (QED) is 0.794. The summed E-state index contributed by atoms with van der Waals surface area (Å²) in [5, 5.41) is 0.220. The zero-order valence-electron chi connectivity index (χ0n) is 14.2. The van der Waals surface area contributed by atoms with Gasteiger partial charge >= 0.3 is 5.69 Å². The second kappa shape index (κ2) is 7.58. The van der Waals surface area contributed by atoms with Gasteiger partial charge in [0.05, 0.1) is 15.7 Å². The van der Waals surface area contributed by atoms with Crippen LogP contribution < -0.4 is 11.2 Å². The molecule has 0 atom stereocenters. The Bertz CT molecular complexity index is 961. The van der Waals surface area contributed by atoms with Crippen LogP contribution in [-0.2, 0) is 16.4 Å². The normalized spacial score (nSPS) is 12.3. The van der Waals surface area contributed by atoms with Crippen molar-refractivity contribution in [3.63, 3.8) is 0 Å². The molecule has 0 aliphatic carbocycles. The maximum absolute atomic E-state index is 12.6. The molecule has 2 aromatic rings. The van der Waals surface area contributed by atoms with Gasteiger partial charge in [-0.25, -0.2) is 13.2 Å². The Balaban J connectivity index is 2.03. The number of nitrogens with zero attached hydrogens (tertiary/aromatic N) is 1. The maximum atomic E-state index is 12.6. The summed E-state index contributed by atoms with van der Waals surface area (Å²) in [5.41, 5.74) is -1.38. The number of hydrogen-bond acceptors (Lipinski definition) is 4. The lowest BCUT2D eigenvalue weighted by molar-refractivity contribution is 0.352. The van der Waals surface area contributed by atoms with Crippen molar-refractivity contribution >= 4 is 21.4 Å². The lowest BCUT2D eigenvalue weighted by Gasteiger charge is -2.24. The molecular formula is C17H21ClN2O4S. The lowest BCUT2D eigenvalue weighted by Crippen LogP contribution is -2.29. The first kappa shape index (κ1) is 19.5. The number of benzene rings is 1. The molecule has 136 valence electrons. The third-order valence-corrected chi connectivity index (χ3v) is 6.53. The molecular weight excluding hydrogens is 364 g/mol. The van der Waals surface area contributed by atoms with E-state index in [1.54, 1.807) is 18.2 Å². The van der Waals surface area contributed by atoms with Gasteiger partial charge < -0.3 is 4.57 Å². The average Bonchev–Trinajstić information content (AvgIpc) is 2.48. The second-order valence-electron chi connectivity index (χ2n) is 6.76. The van der Waals surface area contributed by atoms with Crippen molar-refractivity contribution in [2.75, 3.05) is 5.75 Å². The van der Waals surface area contributed by atoms with Crippen LogP contribution in [0.15, 0.2) is 51.0 Å². The van der Waals surface area contributed by atoms with Gasteiger partial charge in [-0.1, -0.05) is 37.6 Å². The zero-order valence-corrected chi connectivity index (χ0v) is 15.7. The number of nitrogens with one attached hydrogen (secondary N) is 1. The Morgan fingerprint density at radius 2 is 1.84 bits per heavy atom. The fraction of sp³-hybridized carbons (Fsp3) is 0.412. The van der Waals surface area contributed by atoms with Crippen LogP contribution in [0.5, 0.6) is 0 Å². The van der Waals surface area contributed by atoms with E-state index in [9.17, 15) is 18.0 Å². The van der Waals surface area contributed by atoms with E-state index in [0.717, 1.165) is 0 Å². The van der Waals surface area contributed by atoms with Crippen LogP contribution in [-0.4, -0.2) is 23.7 Å². The molecule has 2 rings (SSSR count). The van der Waals surface area contributed by atoms with E-state index in [1.807, 2.05) is 13.8 Å². The van der Waals surface area contributed by atoms with Gasteiger partial charge in [0.15, 0.2) is 9.84 Å². The smallest absolute Gasteiger partial charge is 0.301 e. The van der Waals surface area contributed by atoms with Crippen LogP contribution in [0.25, 0.3) is 0 Å². The molecule has 0 spiro atoms. The number of aromatic amines is 1. The highest BCUT2D eigenvalue weighted by Gasteiger charge is 2.28. The van der Waals surface area contributed by atoms with Gasteiger partial charge in [0.25, 0.3) is 5.56 Å². The van der Waals surface area contributed by atoms with Crippen LogP contribution in [0, 0.1) is 5.41 Å². The first-order valence-corrected chi connectivity index (χ1v) is 9.91. The Morgan fingerprint density at radius 1 is 1.16 bits per heavy atom. The Kier molecular flexibility index (Phi) is 5.90. The van der Waals surface area contributed by atoms with Crippen molar-refractivity contribution in [2.24, 2.45) is 5.41 Å². The van der Waals surface area contributed by atoms with E-state index < -0.39 is 26.5 Å². The summed E-state index contributed by atoms with van der Waals surface area (Å²) in [4.78, 5) is 25.0. The molecule has 1 aromatic heterocycles. The number of aryl methyl sites for hydroxylation is 1. The van der Waals surface area contributed by atoms with Gasteiger partial charge in [-0.2, -0.15) is 0 Å². The maximum Gasteiger partial charge on any atom is 0.328 e. The molecule has 0 saturated carbocycles. The summed E-state index contributed by atoms with van der Waals surface area (Å²) >= 11 is 6.01. The molecule has 0 fully saturated rings. The van der Waals surface area contributed by atoms with Crippen molar-refractivity contribution < 1.29 is 8.42 Å². The zero-order chi connectivity index (χ0) is 18.7. The van der Waals surface area contributed by atoms with Crippen molar-refractivity contribution in [1.29, 1.82) is 0 Å². The lowest BCUT2D eigenvalue weighted by atomic mass is 9.90. The summed E-state index contributed by atoms with van der Waals surface area (Å²) in [6.07, 6.45) is 2.65. The molecule has 0 aliphatic rings. The van der Waals surface area contributed by atoms with E-state index in [-0.39, 0.29) is 15.7 Å². The molecule has 0 aliphatic heterocycles. The van der Waals surface area contributed by atoms with Crippen molar-refractivity contribution in [3.05, 3.63) is 62.4 Å². The average molecular weight is 385 g/mol. The number of H-pyrrole nitrogens is 1. The largest absolute Gasteiger partial charge is 0.328 e. The third-order valence-electron chi connectivity index (χ3n) is 3.90. The van der Waals surface area contributed by atoms with Crippen LogP contribution in [0.2, 0.25) is 5.02 Å². The number of aromatic nitrogens is 2.